The van der Waals surface area contributed by atoms with E-state index in [9.17, 15) is 19.2 Å². The lowest BCUT2D eigenvalue weighted by molar-refractivity contribution is -0.143. The van der Waals surface area contributed by atoms with Crippen LogP contribution < -0.4 is 16.4 Å². The molecule has 0 aromatic rings. The first-order chi connectivity index (χ1) is 11.1. The van der Waals surface area contributed by atoms with Crippen molar-refractivity contribution in [3.63, 3.8) is 0 Å². The van der Waals surface area contributed by atoms with Gasteiger partial charge in [-0.15, -0.1) is 0 Å². The SMILES string of the molecule is CC(C)[C@@H](NC(=O)[C@H](CS)NC(=O)CCC[C@@H](N)C(=O)O)C(=O)O. The predicted molar refractivity (Wildman–Crippen MR) is 89.7 cm³/mol. The van der Waals surface area contributed by atoms with Gasteiger partial charge >= 0.3 is 11.9 Å². The van der Waals surface area contributed by atoms with Gasteiger partial charge in [-0.1, -0.05) is 13.8 Å². The van der Waals surface area contributed by atoms with Crippen LogP contribution in [0.25, 0.3) is 0 Å². The molecule has 0 aliphatic rings. The fraction of sp³-hybridized carbons (Fsp3) is 0.714. The molecule has 0 bridgehead atoms. The zero-order chi connectivity index (χ0) is 18.9. The lowest BCUT2D eigenvalue weighted by Crippen LogP contribution is -2.53. The summed E-state index contributed by atoms with van der Waals surface area (Å²) in [5.74, 6) is -3.72. The second-order valence-electron chi connectivity index (χ2n) is 5.71. The van der Waals surface area contributed by atoms with E-state index in [1.54, 1.807) is 13.8 Å². The van der Waals surface area contributed by atoms with Crippen LogP contribution in [0.3, 0.4) is 0 Å². The Bertz CT molecular complexity index is 471. The standard InChI is InChI=1S/C14H25N3O6S/c1-7(2)11(14(22)23)17-12(19)9(6-24)16-10(18)5-3-4-8(15)13(20)21/h7-9,11,24H,3-6,15H2,1-2H3,(H,16,18)(H,17,19)(H,20,21)(H,22,23)/t8-,9+,11-/m1/s1. The topological polar surface area (TPSA) is 159 Å². The van der Waals surface area contributed by atoms with Crippen molar-refractivity contribution in [1.29, 1.82) is 0 Å². The molecule has 0 aliphatic carbocycles. The van der Waals surface area contributed by atoms with Gasteiger partial charge in [-0.2, -0.15) is 12.6 Å². The molecule has 0 unspecified atom stereocenters. The molecule has 0 aromatic carbocycles. The van der Waals surface area contributed by atoms with Crippen molar-refractivity contribution in [2.24, 2.45) is 11.7 Å². The first-order valence-electron chi connectivity index (χ1n) is 7.51. The molecule has 0 aliphatic heterocycles. The van der Waals surface area contributed by atoms with E-state index in [1.807, 2.05) is 0 Å². The average Bonchev–Trinajstić information content (AvgIpc) is 2.48. The van der Waals surface area contributed by atoms with E-state index in [4.69, 9.17) is 15.9 Å². The highest BCUT2D eigenvalue weighted by Crippen LogP contribution is 2.04. The maximum absolute atomic E-state index is 12.1. The Morgan fingerprint density at radius 1 is 1.08 bits per heavy atom. The number of nitrogens with two attached hydrogens (primary N) is 1. The third-order valence-electron chi connectivity index (χ3n) is 3.30. The molecule has 0 aromatic heterocycles. The van der Waals surface area contributed by atoms with Crippen molar-refractivity contribution in [1.82, 2.24) is 10.6 Å². The van der Waals surface area contributed by atoms with Crippen LogP contribution >= 0.6 is 12.6 Å². The second-order valence-corrected chi connectivity index (χ2v) is 6.07. The van der Waals surface area contributed by atoms with E-state index in [2.05, 4.69) is 23.3 Å². The van der Waals surface area contributed by atoms with E-state index in [-0.39, 0.29) is 30.9 Å². The number of hydrogen-bond donors (Lipinski definition) is 6. The quantitative estimate of drug-likeness (QED) is 0.262. The molecule has 0 rings (SSSR count). The minimum absolute atomic E-state index is 0.00333. The number of thiol groups is 1. The Labute approximate surface area is 145 Å². The van der Waals surface area contributed by atoms with Crippen molar-refractivity contribution >= 4 is 36.4 Å². The predicted octanol–water partition coefficient (Wildman–Crippen LogP) is -0.791. The maximum atomic E-state index is 12.1. The summed E-state index contributed by atoms with van der Waals surface area (Å²) in [4.78, 5) is 45.5. The van der Waals surface area contributed by atoms with Crippen LogP contribution in [0, 0.1) is 5.92 Å². The van der Waals surface area contributed by atoms with Gasteiger partial charge in [0.05, 0.1) is 0 Å². The molecule has 3 atom stereocenters. The normalized spacial score (nSPS) is 14.5. The van der Waals surface area contributed by atoms with Gasteiger partial charge in [0, 0.05) is 12.2 Å². The summed E-state index contributed by atoms with van der Waals surface area (Å²) in [5.41, 5.74) is 5.33. The molecule has 0 fully saturated rings. The fourth-order valence-electron chi connectivity index (χ4n) is 1.83. The number of amides is 2. The van der Waals surface area contributed by atoms with E-state index < -0.39 is 41.9 Å². The highest BCUT2D eigenvalue weighted by atomic mass is 32.1. The monoisotopic (exact) mass is 363 g/mol. The van der Waals surface area contributed by atoms with E-state index >= 15 is 0 Å². The first-order valence-corrected chi connectivity index (χ1v) is 8.15. The molecule has 0 radical (unpaired) electrons. The minimum Gasteiger partial charge on any atom is -0.480 e. The van der Waals surface area contributed by atoms with Crippen LogP contribution in [0.5, 0.6) is 0 Å². The van der Waals surface area contributed by atoms with Crippen molar-refractivity contribution in [3.8, 4) is 0 Å². The van der Waals surface area contributed by atoms with Crippen LogP contribution in [0.1, 0.15) is 33.1 Å². The molecule has 24 heavy (non-hydrogen) atoms. The van der Waals surface area contributed by atoms with Crippen LogP contribution in [0.4, 0.5) is 0 Å². The van der Waals surface area contributed by atoms with Crippen molar-refractivity contribution in [2.75, 3.05) is 5.75 Å². The molecule has 0 saturated heterocycles. The van der Waals surface area contributed by atoms with Gasteiger partial charge < -0.3 is 26.6 Å². The maximum Gasteiger partial charge on any atom is 0.326 e. The number of carbonyl (C=O) groups is 4. The highest BCUT2D eigenvalue weighted by molar-refractivity contribution is 7.80. The summed E-state index contributed by atoms with van der Waals surface area (Å²) in [6.07, 6.45) is 0.393. The Kier molecular flexibility index (Phi) is 10.0. The molecule has 9 nitrogen and oxygen atoms in total. The Hall–Kier alpha value is -1.81. The van der Waals surface area contributed by atoms with Crippen molar-refractivity contribution in [2.45, 2.75) is 51.2 Å². The van der Waals surface area contributed by atoms with Crippen LogP contribution in [-0.4, -0.2) is 57.8 Å². The number of carboxylic acid groups (broad SMARTS) is 2. The highest BCUT2D eigenvalue weighted by Gasteiger charge is 2.27. The Morgan fingerprint density at radius 3 is 2.08 bits per heavy atom. The van der Waals surface area contributed by atoms with Gasteiger partial charge in [0.2, 0.25) is 11.8 Å². The number of nitrogens with one attached hydrogen (secondary N) is 2. The molecule has 10 heteroatoms. The van der Waals surface area contributed by atoms with Crippen molar-refractivity contribution < 1.29 is 29.4 Å². The fourth-order valence-corrected chi connectivity index (χ4v) is 2.09. The van der Waals surface area contributed by atoms with Crippen molar-refractivity contribution in [3.05, 3.63) is 0 Å². The zero-order valence-corrected chi connectivity index (χ0v) is 14.6. The summed E-state index contributed by atoms with van der Waals surface area (Å²) in [7, 11) is 0. The van der Waals surface area contributed by atoms with Gasteiger partial charge in [-0.05, 0) is 18.8 Å². The Morgan fingerprint density at radius 2 is 1.67 bits per heavy atom. The molecule has 0 saturated carbocycles. The zero-order valence-electron chi connectivity index (χ0n) is 13.7. The van der Waals surface area contributed by atoms with Gasteiger partial charge in [-0.25, -0.2) is 4.79 Å². The summed E-state index contributed by atoms with van der Waals surface area (Å²) in [5, 5.41) is 22.5. The van der Waals surface area contributed by atoms with Crippen LogP contribution in [-0.2, 0) is 19.2 Å². The van der Waals surface area contributed by atoms with E-state index in [0.29, 0.717) is 0 Å². The smallest absolute Gasteiger partial charge is 0.326 e. The number of aliphatic carboxylic acids is 2. The average molecular weight is 363 g/mol. The van der Waals surface area contributed by atoms with Crippen LogP contribution in [0.15, 0.2) is 0 Å². The summed E-state index contributed by atoms with van der Waals surface area (Å²) >= 11 is 3.99. The van der Waals surface area contributed by atoms with Gasteiger partial charge in [0.1, 0.15) is 18.1 Å². The molecular weight excluding hydrogens is 338 g/mol. The molecule has 138 valence electrons. The molecular formula is C14H25N3O6S. The van der Waals surface area contributed by atoms with E-state index in [1.165, 1.54) is 0 Å². The first kappa shape index (κ1) is 22.2. The number of carboxylic acids is 2. The molecule has 2 amide bonds. The van der Waals surface area contributed by atoms with E-state index in [0.717, 1.165) is 0 Å². The molecule has 0 spiro atoms. The van der Waals surface area contributed by atoms with Gasteiger partial charge in [0.25, 0.3) is 0 Å². The molecule has 0 heterocycles. The summed E-state index contributed by atoms with van der Waals surface area (Å²) in [6.45, 7) is 3.30. The number of hydrogen-bond acceptors (Lipinski definition) is 6. The van der Waals surface area contributed by atoms with Gasteiger partial charge in [0.15, 0.2) is 0 Å². The molecule has 6 N–H and O–H groups in total. The summed E-state index contributed by atoms with van der Waals surface area (Å²) in [6, 6.07) is -3.08. The third kappa shape index (κ3) is 8.16. The van der Waals surface area contributed by atoms with Gasteiger partial charge in [-0.3, -0.25) is 14.4 Å². The largest absolute Gasteiger partial charge is 0.480 e. The minimum atomic E-state index is -1.16. The number of rotatable bonds is 11. The second kappa shape index (κ2) is 10.9. The summed E-state index contributed by atoms with van der Waals surface area (Å²) < 4.78 is 0. The third-order valence-corrected chi connectivity index (χ3v) is 3.67. The Balaban J connectivity index is 4.47. The lowest BCUT2D eigenvalue weighted by atomic mass is 10.0. The lowest BCUT2D eigenvalue weighted by Gasteiger charge is -2.22. The van der Waals surface area contributed by atoms with Crippen LogP contribution in [0.2, 0.25) is 0 Å². The number of carbonyl (C=O) groups excluding carboxylic acids is 2.